The Labute approximate surface area is 517 Å². The van der Waals surface area contributed by atoms with E-state index in [1.54, 1.807) is 41.5 Å². The van der Waals surface area contributed by atoms with E-state index >= 15 is 0 Å². The Balaban J connectivity index is 2.63. The highest BCUT2D eigenvalue weighted by atomic mass is 16.4. The monoisotopic (exact) mass is 1250 g/mol. The summed E-state index contributed by atoms with van der Waals surface area (Å²) in [6.07, 6.45) is -2.66. The van der Waals surface area contributed by atoms with Crippen molar-refractivity contribution in [3.63, 3.8) is 0 Å². The van der Waals surface area contributed by atoms with Crippen molar-refractivity contribution in [2.75, 3.05) is 0 Å². The van der Waals surface area contributed by atoms with Gasteiger partial charge in [0, 0.05) is 19.3 Å². The van der Waals surface area contributed by atoms with Crippen molar-refractivity contribution >= 4 is 77.0 Å². The number of benzene rings is 2. The van der Waals surface area contributed by atoms with Gasteiger partial charge in [0.15, 0.2) is 0 Å². The summed E-state index contributed by atoms with van der Waals surface area (Å²) in [6.45, 7) is 16.9. The maximum atomic E-state index is 14.7. The summed E-state index contributed by atoms with van der Waals surface area (Å²) >= 11 is 0. The average Bonchev–Trinajstić information content (AvgIpc) is 2.32. The standard InChI is InChI=1S/C60H91N11O18/c1-11-31(8)47(62)56(84)70-50(33(10)13-3)59(87)71-49(32(9)12-2)58(86)66-39(25-34-14-18-36(72)19-15-34)52(80)63-38(22-23-44(61)74)51(79)64-40(26-35-16-20-37(73)21-17-35)55(83)69-48(30(6)7)57(85)67-42(28-46(77)78)53(81)65-41(27-45(75)76)54(82)68-43(60(88)89)24-29(4)5/h14-21,29-33,38-43,47-50,72-73H,11-13,22-28,62H2,1-10H3,(H2,61,74)(H,63,80)(H,64,79)(H,65,81)(H,66,86)(H,67,85)(H,68,82)(H,69,83)(H,70,84)(H,71,87)(H,75,76)(H,77,78)(H,88,89)/t31-,32-,33-,38-,39-,40-,41-,42-,43-,47-,48-,49-,50-/m0/s1. The van der Waals surface area contributed by atoms with Crippen LogP contribution in [-0.2, 0) is 75.2 Å². The Kier molecular flexibility index (Phi) is 31.7. The molecule has 29 nitrogen and oxygen atoms in total. The van der Waals surface area contributed by atoms with Gasteiger partial charge in [-0.2, -0.15) is 0 Å². The van der Waals surface area contributed by atoms with Crippen molar-refractivity contribution in [3.05, 3.63) is 59.7 Å². The number of nitrogens with two attached hydrogens (primary N) is 2. The topological polar surface area (TPSA) is 483 Å². The van der Waals surface area contributed by atoms with E-state index in [9.17, 15) is 87.9 Å². The summed E-state index contributed by atoms with van der Waals surface area (Å²) in [5.41, 5.74) is 12.4. The second-order valence-electron chi connectivity index (χ2n) is 23.2. The highest BCUT2D eigenvalue weighted by Crippen LogP contribution is 2.18. The first-order valence-corrected chi connectivity index (χ1v) is 29.6. The summed E-state index contributed by atoms with van der Waals surface area (Å²) in [6, 6.07) is -4.61. The highest BCUT2D eigenvalue weighted by molar-refractivity contribution is 6.00. The molecular formula is C60H91N11O18. The minimum Gasteiger partial charge on any atom is -0.508 e. The van der Waals surface area contributed by atoms with Gasteiger partial charge in [-0.1, -0.05) is 113 Å². The van der Waals surface area contributed by atoms with Crippen LogP contribution in [0.1, 0.15) is 132 Å². The van der Waals surface area contributed by atoms with Crippen LogP contribution in [0.4, 0.5) is 0 Å². The molecule has 89 heavy (non-hydrogen) atoms. The fourth-order valence-corrected chi connectivity index (χ4v) is 8.98. The Morgan fingerprint density at radius 1 is 0.416 bits per heavy atom. The Morgan fingerprint density at radius 3 is 1.13 bits per heavy atom. The molecule has 13 atom stereocenters. The van der Waals surface area contributed by atoms with Gasteiger partial charge in [-0.3, -0.25) is 57.5 Å². The molecule has 0 heterocycles. The first-order valence-electron chi connectivity index (χ1n) is 29.6. The number of primary amides is 1. The van der Waals surface area contributed by atoms with Gasteiger partial charge in [0.2, 0.25) is 59.1 Å². The second kappa shape index (κ2) is 37.1. The normalized spacial score (nSPS) is 15.6. The van der Waals surface area contributed by atoms with Crippen LogP contribution in [0.3, 0.4) is 0 Å². The predicted octanol–water partition coefficient (Wildman–Crippen LogP) is -0.287. The molecule has 0 fully saturated rings. The molecule has 0 spiro atoms. The lowest BCUT2D eigenvalue weighted by atomic mass is 9.93. The smallest absolute Gasteiger partial charge is 0.326 e. The maximum Gasteiger partial charge on any atom is 0.326 e. The number of aliphatic carboxylic acids is 3. The molecule has 2 rings (SSSR count). The molecule has 494 valence electrons. The van der Waals surface area contributed by atoms with Gasteiger partial charge in [-0.25, -0.2) is 4.79 Å². The lowest BCUT2D eigenvalue weighted by Crippen LogP contribution is -2.62. The number of rotatable bonds is 39. The fourth-order valence-electron chi connectivity index (χ4n) is 8.98. The molecule has 2 aromatic carbocycles. The molecule has 10 amide bonds. The maximum absolute atomic E-state index is 14.7. The number of phenols is 2. The van der Waals surface area contributed by atoms with E-state index in [4.69, 9.17) is 11.5 Å². The van der Waals surface area contributed by atoms with Crippen molar-refractivity contribution < 1.29 is 87.9 Å². The summed E-state index contributed by atoms with van der Waals surface area (Å²) in [7, 11) is 0. The lowest BCUT2D eigenvalue weighted by molar-refractivity contribution is -0.145. The zero-order chi connectivity index (χ0) is 67.6. The minimum absolute atomic E-state index is 0.0878. The molecule has 18 N–H and O–H groups in total. The SMILES string of the molecule is CC[C@H](C)[C@H](N)C(=O)N[C@H](C(=O)N[C@H](C(=O)N[C@@H](Cc1ccc(O)cc1)C(=O)N[C@@H](CCC(N)=O)C(=O)N[C@@H](Cc1ccc(O)cc1)C(=O)N[C@H](C(=O)N[C@@H](CC(=O)O)C(=O)N[C@@H](CC(=O)O)C(=O)N[C@@H](CC(C)C)C(=O)O)C(C)C)[C@@H](C)CC)[C@@H](C)CC. The van der Waals surface area contributed by atoms with Gasteiger partial charge < -0.3 is 84.9 Å². The zero-order valence-electron chi connectivity index (χ0n) is 52.0. The van der Waals surface area contributed by atoms with Crippen LogP contribution in [-0.4, -0.2) is 163 Å². The van der Waals surface area contributed by atoms with Crippen LogP contribution in [0.15, 0.2) is 48.5 Å². The van der Waals surface area contributed by atoms with Crippen molar-refractivity contribution in [1.29, 1.82) is 0 Å². The Bertz CT molecular complexity index is 2780. The third-order valence-electron chi connectivity index (χ3n) is 15.1. The fraction of sp³-hybridized carbons (Fsp3) is 0.583. The number of aromatic hydroxyl groups is 2. The van der Waals surface area contributed by atoms with Crippen molar-refractivity contribution in [1.82, 2.24) is 47.9 Å². The van der Waals surface area contributed by atoms with E-state index in [-0.39, 0.29) is 42.6 Å². The van der Waals surface area contributed by atoms with Crippen LogP contribution in [0.2, 0.25) is 0 Å². The van der Waals surface area contributed by atoms with E-state index in [0.717, 1.165) is 0 Å². The molecular weight excluding hydrogens is 1160 g/mol. The van der Waals surface area contributed by atoms with Gasteiger partial charge in [0.05, 0.1) is 18.9 Å². The number of carboxylic acid groups (broad SMARTS) is 3. The van der Waals surface area contributed by atoms with Gasteiger partial charge in [-0.15, -0.1) is 0 Å². The van der Waals surface area contributed by atoms with Crippen LogP contribution in [0, 0.1) is 29.6 Å². The molecule has 0 aliphatic rings. The quantitative estimate of drug-likeness (QED) is 0.0409. The number of hydrogen-bond acceptors (Lipinski definition) is 16. The Hall–Kier alpha value is -8.89. The van der Waals surface area contributed by atoms with Gasteiger partial charge in [0.1, 0.15) is 65.9 Å². The van der Waals surface area contributed by atoms with E-state index in [0.29, 0.717) is 30.4 Å². The molecule has 2 aromatic rings. The van der Waals surface area contributed by atoms with E-state index in [2.05, 4.69) is 47.9 Å². The van der Waals surface area contributed by atoms with Gasteiger partial charge >= 0.3 is 17.9 Å². The van der Waals surface area contributed by atoms with E-state index in [1.165, 1.54) is 62.4 Å². The third-order valence-corrected chi connectivity index (χ3v) is 15.1. The highest BCUT2D eigenvalue weighted by Gasteiger charge is 2.39. The molecule has 0 aromatic heterocycles. The molecule has 0 aliphatic heterocycles. The van der Waals surface area contributed by atoms with Gasteiger partial charge in [0.25, 0.3) is 0 Å². The van der Waals surface area contributed by atoms with Crippen LogP contribution < -0.4 is 59.3 Å². The average molecular weight is 1250 g/mol. The molecule has 0 saturated carbocycles. The number of carbonyl (C=O) groups is 13. The Morgan fingerprint density at radius 2 is 0.742 bits per heavy atom. The summed E-state index contributed by atoms with van der Waals surface area (Å²) in [5, 5.41) is 71.4. The van der Waals surface area contributed by atoms with E-state index < -0.39 is 181 Å². The van der Waals surface area contributed by atoms with E-state index in [1.807, 2.05) is 13.8 Å². The lowest BCUT2D eigenvalue weighted by Gasteiger charge is -2.31. The number of carboxylic acids is 3. The van der Waals surface area contributed by atoms with Crippen molar-refractivity contribution in [2.45, 2.75) is 194 Å². The van der Waals surface area contributed by atoms with Crippen LogP contribution >= 0.6 is 0 Å². The molecule has 0 unspecified atom stereocenters. The number of phenolic OH excluding ortho intramolecular Hbond substituents is 2. The zero-order valence-corrected chi connectivity index (χ0v) is 52.0. The molecule has 0 saturated heterocycles. The van der Waals surface area contributed by atoms with Gasteiger partial charge in [-0.05, 0) is 77.8 Å². The third kappa shape index (κ3) is 26.2. The number of amides is 10. The summed E-state index contributed by atoms with van der Waals surface area (Å²) in [5.74, 6) is -17.5. The first kappa shape index (κ1) is 76.2. The number of carbonyl (C=O) groups excluding carboxylic acids is 10. The predicted molar refractivity (Wildman–Crippen MR) is 322 cm³/mol. The minimum atomic E-state index is -2.04. The summed E-state index contributed by atoms with van der Waals surface area (Å²) in [4.78, 5) is 175. The largest absolute Gasteiger partial charge is 0.508 e. The first-order chi connectivity index (χ1) is 41.6. The molecule has 0 bridgehead atoms. The molecule has 0 aliphatic carbocycles. The van der Waals surface area contributed by atoms with Crippen LogP contribution in [0.5, 0.6) is 11.5 Å². The summed E-state index contributed by atoms with van der Waals surface area (Å²) < 4.78 is 0. The van der Waals surface area contributed by atoms with Crippen LogP contribution in [0.25, 0.3) is 0 Å². The number of nitrogens with one attached hydrogen (secondary N) is 9. The molecule has 29 heteroatoms. The number of hydrogen-bond donors (Lipinski definition) is 16. The van der Waals surface area contributed by atoms with Crippen molar-refractivity contribution in [2.24, 2.45) is 41.1 Å². The van der Waals surface area contributed by atoms with Crippen molar-refractivity contribution in [3.8, 4) is 11.5 Å². The second-order valence-corrected chi connectivity index (χ2v) is 23.2. The molecule has 0 radical (unpaired) electrons.